The number of hydrogen-bond donors (Lipinski definition) is 0. The molecule has 2 aliphatic heterocycles. The number of amides is 1. The van der Waals surface area contributed by atoms with E-state index in [-0.39, 0.29) is 18.4 Å². The summed E-state index contributed by atoms with van der Waals surface area (Å²) in [6.45, 7) is 2.42. The smallest absolute Gasteiger partial charge is 0.262 e. The van der Waals surface area contributed by atoms with Crippen molar-refractivity contribution in [3.8, 4) is 6.07 Å². The van der Waals surface area contributed by atoms with E-state index in [1.54, 1.807) is 11.8 Å². The number of nitrogens with zero attached hydrogens (tertiary/aromatic N) is 4. The van der Waals surface area contributed by atoms with Crippen LogP contribution in [-0.4, -0.2) is 34.7 Å². The lowest BCUT2D eigenvalue weighted by atomic mass is 10.2. The van der Waals surface area contributed by atoms with Crippen LogP contribution >= 0.6 is 0 Å². The molecule has 0 fully saturated rings. The molecule has 0 bridgehead atoms. The Kier molecular flexibility index (Phi) is 2.73. The average Bonchev–Trinajstić information content (AvgIpc) is 2.30. The molecule has 1 amide bonds. The number of hydrogen-bond acceptors (Lipinski definition) is 4. The fraction of sp³-hybridized carbons (Fsp3) is 0.364. The van der Waals surface area contributed by atoms with Crippen molar-refractivity contribution < 1.29 is 4.79 Å². The van der Waals surface area contributed by atoms with Gasteiger partial charge in [0.2, 0.25) is 0 Å². The van der Waals surface area contributed by atoms with Crippen molar-refractivity contribution in [1.82, 2.24) is 9.91 Å². The molecule has 16 heavy (non-hydrogen) atoms. The molecule has 1 unspecified atom stereocenters. The first kappa shape index (κ1) is 10.4. The summed E-state index contributed by atoms with van der Waals surface area (Å²) in [5.74, 6) is 0.459. The number of carbonyl (C=O) groups is 1. The molecule has 0 N–H and O–H groups in total. The minimum atomic E-state index is -0.206. The lowest BCUT2D eigenvalue weighted by Crippen LogP contribution is -2.45. The van der Waals surface area contributed by atoms with Crippen LogP contribution in [-0.2, 0) is 4.79 Å². The van der Waals surface area contributed by atoms with Gasteiger partial charge >= 0.3 is 0 Å². The van der Waals surface area contributed by atoms with Crippen LogP contribution in [0.3, 0.4) is 0 Å². The summed E-state index contributed by atoms with van der Waals surface area (Å²) in [5.41, 5.74) is 0. The maximum atomic E-state index is 11.7. The fourth-order valence-electron chi connectivity index (χ4n) is 1.54. The van der Waals surface area contributed by atoms with E-state index in [2.05, 4.69) is 11.2 Å². The predicted molar refractivity (Wildman–Crippen MR) is 58.9 cm³/mol. The van der Waals surface area contributed by atoms with E-state index in [1.165, 1.54) is 5.01 Å². The van der Waals surface area contributed by atoms with Crippen LogP contribution in [0.25, 0.3) is 0 Å². The van der Waals surface area contributed by atoms with E-state index in [0.717, 1.165) is 5.84 Å². The molecular formula is C11H12N4O. The second-order valence-corrected chi connectivity index (χ2v) is 3.79. The lowest BCUT2D eigenvalue weighted by Gasteiger charge is -2.31. The highest BCUT2D eigenvalue weighted by Gasteiger charge is 2.25. The number of rotatable bonds is 2. The maximum Gasteiger partial charge on any atom is 0.262 e. The van der Waals surface area contributed by atoms with Gasteiger partial charge in [-0.15, -0.1) is 0 Å². The number of carbonyl (C=O) groups excluding carboxylic acids is 1. The van der Waals surface area contributed by atoms with Crippen LogP contribution in [0.1, 0.15) is 6.92 Å². The lowest BCUT2D eigenvalue weighted by molar-refractivity contribution is -0.132. The van der Waals surface area contributed by atoms with Crippen molar-refractivity contribution in [2.45, 2.75) is 6.92 Å². The molecule has 5 heteroatoms. The largest absolute Gasteiger partial charge is 0.322 e. The molecule has 0 aliphatic carbocycles. The highest BCUT2D eigenvalue weighted by molar-refractivity contribution is 6.00. The molecule has 0 aromatic carbocycles. The van der Waals surface area contributed by atoms with Crippen LogP contribution in [0, 0.1) is 17.2 Å². The minimum Gasteiger partial charge on any atom is -0.322 e. The summed E-state index contributed by atoms with van der Waals surface area (Å²) in [5, 5.41) is 14.3. The molecule has 0 spiro atoms. The maximum absolute atomic E-state index is 11.7. The van der Waals surface area contributed by atoms with Gasteiger partial charge in [-0.2, -0.15) is 10.4 Å². The van der Waals surface area contributed by atoms with Crippen LogP contribution in [0.5, 0.6) is 0 Å². The van der Waals surface area contributed by atoms with Gasteiger partial charge in [0, 0.05) is 6.20 Å². The van der Waals surface area contributed by atoms with Gasteiger partial charge in [0.1, 0.15) is 6.54 Å². The second-order valence-electron chi connectivity index (χ2n) is 3.79. The first-order valence-corrected chi connectivity index (χ1v) is 5.11. The van der Waals surface area contributed by atoms with Gasteiger partial charge in [0.25, 0.3) is 5.91 Å². The predicted octanol–water partition coefficient (Wildman–Crippen LogP) is 0.687. The Morgan fingerprint density at radius 2 is 2.44 bits per heavy atom. The van der Waals surface area contributed by atoms with E-state index in [1.807, 2.05) is 24.4 Å². The van der Waals surface area contributed by atoms with Gasteiger partial charge in [-0.25, -0.2) is 5.01 Å². The van der Waals surface area contributed by atoms with Crippen LogP contribution in [0.2, 0.25) is 0 Å². The van der Waals surface area contributed by atoms with Crippen molar-refractivity contribution in [1.29, 1.82) is 5.26 Å². The summed E-state index contributed by atoms with van der Waals surface area (Å²) in [6, 6.07) is 2.10. The van der Waals surface area contributed by atoms with Gasteiger partial charge < -0.3 is 4.90 Å². The molecule has 0 aromatic heterocycles. The molecule has 1 atom stereocenters. The number of nitriles is 1. The molecule has 0 aromatic rings. The van der Waals surface area contributed by atoms with Crippen LogP contribution in [0.15, 0.2) is 29.5 Å². The second kappa shape index (κ2) is 4.19. The van der Waals surface area contributed by atoms with Crippen molar-refractivity contribution in [2.75, 3.05) is 13.1 Å². The highest BCUT2D eigenvalue weighted by atomic mass is 16.2. The summed E-state index contributed by atoms with van der Waals surface area (Å²) >= 11 is 0. The monoisotopic (exact) mass is 216 g/mol. The zero-order valence-corrected chi connectivity index (χ0v) is 9.00. The highest BCUT2D eigenvalue weighted by Crippen LogP contribution is 2.12. The number of fused-ring (bicyclic) bond motifs is 1. The number of amidine groups is 1. The Morgan fingerprint density at radius 1 is 1.62 bits per heavy atom. The molecular weight excluding hydrogens is 204 g/mol. The van der Waals surface area contributed by atoms with Crippen molar-refractivity contribution in [3.05, 3.63) is 24.4 Å². The van der Waals surface area contributed by atoms with Crippen molar-refractivity contribution in [2.24, 2.45) is 11.0 Å². The standard InChI is InChI=1S/C11H12N4O/c1-9(6-12)7-15-11(16)8-14-5-3-2-4-10(14)13-15/h2-5,9H,7-8H2,1H3. The third kappa shape index (κ3) is 1.96. The average molecular weight is 216 g/mol. The third-order valence-electron chi connectivity index (χ3n) is 2.40. The Labute approximate surface area is 93.9 Å². The fourth-order valence-corrected chi connectivity index (χ4v) is 1.54. The third-order valence-corrected chi connectivity index (χ3v) is 2.40. The first-order valence-electron chi connectivity index (χ1n) is 5.11. The molecule has 0 saturated carbocycles. The zero-order chi connectivity index (χ0) is 11.5. The Balaban J connectivity index is 2.16. The Morgan fingerprint density at radius 3 is 3.19 bits per heavy atom. The van der Waals surface area contributed by atoms with Gasteiger partial charge in [-0.1, -0.05) is 6.08 Å². The summed E-state index contributed by atoms with van der Waals surface area (Å²) < 4.78 is 0. The van der Waals surface area contributed by atoms with Gasteiger partial charge in [-0.3, -0.25) is 4.79 Å². The van der Waals surface area contributed by atoms with Gasteiger partial charge in [0.05, 0.1) is 18.5 Å². The Bertz CT molecular complexity index is 430. The minimum absolute atomic E-state index is 0.0780. The first-order chi connectivity index (χ1) is 7.70. The van der Waals surface area contributed by atoms with E-state index in [9.17, 15) is 4.79 Å². The molecule has 5 nitrogen and oxygen atoms in total. The van der Waals surface area contributed by atoms with Crippen molar-refractivity contribution in [3.63, 3.8) is 0 Å². The normalized spacial score (nSPS) is 20.2. The summed E-state index contributed by atoms with van der Waals surface area (Å²) in [6.07, 6.45) is 7.40. The van der Waals surface area contributed by atoms with Crippen LogP contribution < -0.4 is 0 Å². The van der Waals surface area contributed by atoms with E-state index >= 15 is 0 Å². The van der Waals surface area contributed by atoms with E-state index < -0.39 is 0 Å². The topological polar surface area (TPSA) is 59.7 Å². The SMILES string of the molecule is CC(C#N)CN1N=C2C=CC=CN2CC1=O. The summed E-state index contributed by atoms with van der Waals surface area (Å²) in [4.78, 5) is 13.5. The van der Waals surface area contributed by atoms with Crippen molar-refractivity contribution >= 4 is 11.7 Å². The van der Waals surface area contributed by atoms with E-state index in [0.29, 0.717) is 6.54 Å². The molecule has 0 radical (unpaired) electrons. The van der Waals surface area contributed by atoms with E-state index in [4.69, 9.17) is 5.26 Å². The number of allylic oxidation sites excluding steroid dienone is 2. The molecule has 2 heterocycles. The van der Waals surface area contributed by atoms with Gasteiger partial charge in [0.15, 0.2) is 5.84 Å². The quantitative estimate of drug-likeness (QED) is 0.682. The molecule has 2 rings (SSSR count). The molecule has 82 valence electrons. The van der Waals surface area contributed by atoms with Crippen LogP contribution in [0.4, 0.5) is 0 Å². The number of hydrazone groups is 1. The van der Waals surface area contributed by atoms with Gasteiger partial charge in [-0.05, 0) is 19.1 Å². The summed E-state index contributed by atoms with van der Waals surface area (Å²) in [7, 11) is 0. The zero-order valence-electron chi connectivity index (χ0n) is 9.00. The Hall–Kier alpha value is -2.09. The molecule has 2 aliphatic rings. The molecule has 0 saturated heterocycles.